The standard InChI is InChI=1S/C25H21ClN2O3/c1-17-10-13-23(22(27-17)12-11-18-6-4-7-19(26)16-18)31-15-5-14-28-24(29)20-8-2-3-9-21(20)25(28)30/h2-4,6-13,16H,5,14-15H2,1H3/b12-11+. The van der Waals surface area contributed by atoms with Gasteiger partial charge in [-0.25, -0.2) is 4.98 Å². The highest BCUT2D eigenvalue weighted by Crippen LogP contribution is 2.23. The molecule has 1 aromatic heterocycles. The molecule has 0 radical (unpaired) electrons. The minimum absolute atomic E-state index is 0.247. The molecule has 0 N–H and O–H groups in total. The minimum atomic E-state index is -0.247. The van der Waals surface area contributed by atoms with Crippen LogP contribution < -0.4 is 4.74 Å². The van der Waals surface area contributed by atoms with Gasteiger partial charge in [-0.15, -0.1) is 0 Å². The molecule has 4 rings (SSSR count). The number of ether oxygens (including phenoxy) is 1. The smallest absolute Gasteiger partial charge is 0.261 e. The fourth-order valence-corrected chi connectivity index (χ4v) is 3.64. The van der Waals surface area contributed by atoms with Gasteiger partial charge in [0.1, 0.15) is 11.4 Å². The molecule has 0 saturated carbocycles. The van der Waals surface area contributed by atoms with Crippen molar-refractivity contribution < 1.29 is 14.3 Å². The first-order chi connectivity index (χ1) is 15.0. The van der Waals surface area contributed by atoms with E-state index >= 15 is 0 Å². The van der Waals surface area contributed by atoms with Crippen molar-refractivity contribution in [2.24, 2.45) is 0 Å². The molecular weight excluding hydrogens is 412 g/mol. The van der Waals surface area contributed by atoms with E-state index in [2.05, 4.69) is 4.98 Å². The van der Waals surface area contributed by atoms with Crippen LogP contribution >= 0.6 is 11.6 Å². The van der Waals surface area contributed by atoms with E-state index in [4.69, 9.17) is 16.3 Å². The highest BCUT2D eigenvalue weighted by molar-refractivity contribution is 6.30. The summed E-state index contributed by atoms with van der Waals surface area (Å²) in [7, 11) is 0. The van der Waals surface area contributed by atoms with E-state index < -0.39 is 0 Å². The van der Waals surface area contributed by atoms with E-state index in [9.17, 15) is 9.59 Å². The van der Waals surface area contributed by atoms with Gasteiger partial charge in [0, 0.05) is 17.3 Å². The summed E-state index contributed by atoms with van der Waals surface area (Å²) >= 11 is 6.05. The summed E-state index contributed by atoms with van der Waals surface area (Å²) in [6, 6.07) is 18.2. The molecule has 2 aromatic carbocycles. The highest BCUT2D eigenvalue weighted by atomic mass is 35.5. The molecule has 1 aliphatic rings. The molecule has 2 heterocycles. The van der Waals surface area contributed by atoms with Gasteiger partial charge in [0.2, 0.25) is 0 Å². The number of aryl methyl sites for hydroxylation is 1. The second-order valence-corrected chi connectivity index (χ2v) is 7.67. The van der Waals surface area contributed by atoms with Gasteiger partial charge in [0.15, 0.2) is 0 Å². The van der Waals surface area contributed by atoms with Crippen molar-refractivity contribution in [1.82, 2.24) is 9.88 Å². The van der Waals surface area contributed by atoms with E-state index in [0.717, 1.165) is 11.3 Å². The topological polar surface area (TPSA) is 59.5 Å². The van der Waals surface area contributed by atoms with E-state index in [0.29, 0.717) is 47.2 Å². The third-order valence-electron chi connectivity index (χ3n) is 4.97. The van der Waals surface area contributed by atoms with Crippen molar-refractivity contribution in [3.63, 3.8) is 0 Å². The van der Waals surface area contributed by atoms with Crippen molar-refractivity contribution >= 4 is 35.6 Å². The summed E-state index contributed by atoms with van der Waals surface area (Å²) in [5, 5.41) is 0.670. The number of hydrogen-bond acceptors (Lipinski definition) is 4. The number of carbonyl (C=O) groups excluding carboxylic acids is 2. The van der Waals surface area contributed by atoms with Crippen molar-refractivity contribution in [1.29, 1.82) is 0 Å². The number of amides is 2. The molecule has 3 aromatic rings. The van der Waals surface area contributed by atoms with Crippen LogP contribution in [0.15, 0.2) is 60.7 Å². The predicted octanol–water partition coefficient (Wildman–Crippen LogP) is 5.28. The largest absolute Gasteiger partial charge is 0.491 e. The summed E-state index contributed by atoms with van der Waals surface area (Å²) in [4.78, 5) is 30.7. The minimum Gasteiger partial charge on any atom is -0.491 e. The van der Waals surface area contributed by atoms with Gasteiger partial charge in [-0.1, -0.05) is 41.9 Å². The maximum absolute atomic E-state index is 12.4. The van der Waals surface area contributed by atoms with Crippen LogP contribution in [0.5, 0.6) is 5.75 Å². The average molecular weight is 433 g/mol. The first-order valence-electron chi connectivity index (χ1n) is 10.0. The Balaban J connectivity index is 1.38. The molecule has 0 bridgehead atoms. The van der Waals surface area contributed by atoms with E-state index in [1.807, 2.05) is 55.5 Å². The molecular formula is C25H21ClN2O3. The Morgan fingerprint density at radius 1 is 0.968 bits per heavy atom. The summed E-state index contributed by atoms with van der Waals surface area (Å²) in [6.45, 7) is 2.58. The Kier molecular flexibility index (Phi) is 6.14. The normalized spacial score (nSPS) is 13.2. The number of carbonyl (C=O) groups is 2. The lowest BCUT2D eigenvalue weighted by molar-refractivity contribution is 0.0646. The number of aromatic nitrogens is 1. The van der Waals surface area contributed by atoms with Crippen LogP contribution in [0.3, 0.4) is 0 Å². The number of pyridine rings is 1. The third-order valence-corrected chi connectivity index (χ3v) is 5.20. The van der Waals surface area contributed by atoms with Crippen LogP contribution in [0.1, 0.15) is 44.1 Å². The molecule has 6 heteroatoms. The molecule has 0 aliphatic carbocycles. The lowest BCUT2D eigenvalue weighted by Crippen LogP contribution is -2.31. The van der Waals surface area contributed by atoms with Gasteiger partial charge >= 0.3 is 0 Å². The van der Waals surface area contributed by atoms with Gasteiger partial charge in [-0.3, -0.25) is 14.5 Å². The van der Waals surface area contributed by atoms with Crippen LogP contribution in [0, 0.1) is 6.92 Å². The average Bonchev–Trinajstić information content (AvgIpc) is 3.01. The summed E-state index contributed by atoms with van der Waals surface area (Å²) < 4.78 is 5.92. The third kappa shape index (κ3) is 4.67. The maximum Gasteiger partial charge on any atom is 0.261 e. The number of halogens is 1. The molecule has 0 saturated heterocycles. The SMILES string of the molecule is Cc1ccc(OCCCN2C(=O)c3ccccc3C2=O)c(/C=C/c2cccc(Cl)c2)n1. The lowest BCUT2D eigenvalue weighted by Gasteiger charge is -2.14. The summed E-state index contributed by atoms with van der Waals surface area (Å²) in [5.74, 6) is 0.150. The first-order valence-corrected chi connectivity index (χ1v) is 10.4. The van der Waals surface area contributed by atoms with Crippen molar-refractivity contribution in [2.75, 3.05) is 13.2 Å². The highest BCUT2D eigenvalue weighted by Gasteiger charge is 2.34. The van der Waals surface area contributed by atoms with E-state index in [1.54, 1.807) is 24.3 Å². The van der Waals surface area contributed by atoms with Crippen molar-refractivity contribution in [3.8, 4) is 5.75 Å². The van der Waals surface area contributed by atoms with Crippen LogP contribution in [0.25, 0.3) is 12.2 Å². The van der Waals surface area contributed by atoms with Crippen LogP contribution in [0.4, 0.5) is 0 Å². The van der Waals surface area contributed by atoms with Crippen LogP contribution in [-0.4, -0.2) is 34.8 Å². The second kappa shape index (κ2) is 9.14. The van der Waals surface area contributed by atoms with E-state index in [-0.39, 0.29) is 11.8 Å². The maximum atomic E-state index is 12.4. The number of imide groups is 1. The van der Waals surface area contributed by atoms with Gasteiger partial charge in [-0.05, 0) is 61.4 Å². The van der Waals surface area contributed by atoms with Crippen LogP contribution in [0.2, 0.25) is 5.02 Å². The molecule has 0 spiro atoms. The van der Waals surface area contributed by atoms with Crippen molar-refractivity contribution in [3.05, 3.63) is 93.8 Å². The summed E-state index contributed by atoms with van der Waals surface area (Å²) in [6.07, 6.45) is 4.34. The summed E-state index contributed by atoms with van der Waals surface area (Å²) in [5.41, 5.74) is 3.48. The van der Waals surface area contributed by atoms with Gasteiger partial charge in [-0.2, -0.15) is 0 Å². The molecule has 5 nitrogen and oxygen atoms in total. The molecule has 1 aliphatic heterocycles. The first kappa shape index (κ1) is 20.8. The number of hydrogen-bond donors (Lipinski definition) is 0. The monoisotopic (exact) mass is 432 g/mol. The Labute approximate surface area is 185 Å². The van der Waals surface area contributed by atoms with Gasteiger partial charge < -0.3 is 4.74 Å². The predicted molar refractivity (Wildman–Crippen MR) is 121 cm³/mol. The fraction of sp³-hybridized carbons (Fsp3) is 0.160. The molecule has 0 fully saturated rings. The van der Waals surface area contributed by atoms with Crippen molar-refractivity contribution in [2.45, 2.75) is 13.3 Å². The number of nitrogens with zero attached hydrogens (tertiary/aromatic N) is 2. The van der Waals surface area contributed by atoms with Gasteiger partial charge in [0.25, 0.3) is 11.8 Å². The quantitative estimate of drug-likeness (QED) is 0.376. The zero-order valence-electron chi connectivity index (χ0n) is 17.0. The number of benzene rings is 2. The fourth-order valence-electron chi connectivity index (χ4n) is 3.44. The Morgan fingerprint density at radius 3 is 2.42 bits per heavy atom. The molecule has 31 heavy (non-hydrogen) atoms. The molecule has 0 atom stereocenters. The lowest BCUT2D eigenvalue weighted by atomic mass is 10.1. The Morgan fingerprint density at radius 2 is 1.71 bits per heavy atom. The number of fused-ring (bicyclic) bond motifs is 1. The molecule has 2 amide bonds. The number of rotatable bonds is 7. The second-order valence-electron chi connectivity index (χ2n) is 7.23. The van der Waals surface area contributed by atoms with Crippen LogP contribution in [-0.2, 0) is 0 Å². The Bertz CT molecular complexity index is 1140. The molecule has 0 unspecified atom stereocenters. The zero-order chi connectivity index (χ0) is 21.8. The van der Waals surface area contributed by atoms with Gasteiger partial charge in [0.05, 0.1) is 17.7 Å². The van der Waals surface area contributed by atoms with E-state index in [1.165, 1.54) is 4.90 Å². The Hall–Kier alpha value is -3.44. The molecule has 156 valence electrons. The zero-order valence-corrected chi connectivity index (χ0v) is 17.8.